The van der Waals surface area contributed by atoms with Crippen LogP contribution in [0, 0.1) is 11.7 Å². The molecule has 130 valence electrons. The highest BCUT2D eigenvalue weighted by Crippen LogP contribution is 2.38. The van der Waals surface area contributed by atoms with Crippen LogP contribution in [0.3, 0.4) is 0 Å². The molecular formula is C16H20FN3O4. The van der Waals surface area contributed by atoms with Crippen molar-refractivity contribution in [2.24, 2.45) is 11.7 Å². The Morgan fingerprint density at radius 1 is 1.42 bits per heavy atom. The number of ether oxygens (including phenoxy) is 1. The second-order valence-corrected chi connectivity index (χ2v) is 6.17. The molecule has 1 aliphatic carbocycles. The second-order valence-electron chi connectivity index (χ2n) is 6.17. The van der Waals surface area contributed by atoms with Gasteiger partial charge in [0.2, 0.25) is 5.91 Å². The third-order valence-corrected chi connectivity index (χ3v) is 4.47. The molecule has 1 atom stereocenters. The first-order valence-corrected chi connectivity index (χ1v) is 7.85. The fourth-order valence-corrected chi connectivity index (χ4v) is 2.97. The van der Waals surface area contributed by atoms with Crippen LogP contribution in [0.25, 0.3) is 0 Å². The lowest BCUT2D eigenvalue weighted by atomic mass is 10.1. The van der Waals surface area contributed by atoms with E-state index in [1.807, 2.05) is 0 Å². The summed E-state index contributed by atoms with van der Waals surface area (Å²) in [5.41, 5.74) is 5.73. The highest BCUT2D eigenvalue weighted by molar-refractivity contribution is 5.83. The molecule has 24 heavy (non-hydrogen) atoms. The van der Waals surface area contributed by atoms with Crippen molar-refractivity contribution in [3.63, 3.8) is 0 Å². The molecule has 0 saturated heterocycles. The van der Waals surface area contributed by atoms with Crippen molar-refractivity contribution in [1.82, 2.24) is 9.80 Å². The zero-order valence-electron chi connectivity index (χ0n) is 13.2. The summed E-state index contributed by atoms with van der Waals surface area (Å²) >= 11 is 0. The lowest BCUT2D eigenvalue weighted by Crippen LogP contribution is -2.49. The molecular weight excluding hydrogens is 317 g/mol. The maximum absolute atomic E-state index is 13.5. The van der Waals surface area contributed by atoms with Crippen molar-refractivity contribution >= 4 is 11.9 Å². The molecule has 3 amide bonds. The Labute approximate surface area is 138 Å². The maximum atomic E-state index is 13.5. The third-order valence-electron chi connectivity index (χ3n) is 4.47. The SMILES string of the molecule is NC(=O)N(CO)CC(=O)N1Cc2cc(F)ccc2OC[C@H]1C1CC1. The largest absolute Gasteiger partial charge is 0.491 e. The summed E-state index contributed by atoms with van der Waals surface area (Å²) < 4.78 is 19.3. The molecule has 0 bridgehead atoms. The van der Waals surface area contributed by atoms with E-state index in [0.717, 1.165) is 17.7 Å². The van der Waals surface area contributed by atoms with Crippen LogP contribution in [-0.4, -0.2) is 52.8 Å². The summed E-state index contributed by atoms with van der Waals surface area (Å²) in [5, 5.41) is 9.16. The summed E-state index contributed by atoms with van der Waals surface area (Å²) in [6, 6.07) is 3.23. The molecule has 3 rings (SSSR count). The zero-order valence-corrected chi connectivity index (χ0v) is 13.2. The number of fused-ring (bicyclic) bond motifs is 1. The molecule has 2 aliphatic rings. The van der Waals surface area contributed by atoms with E-state index in [4.69, 9.17) is 15.6 Å². The third kappa shape index (κ3) is 3.43. The summed E-state index contributed by atoms with van der Waals surface area (Å²) in [7, 11) is 0. The topological polar surface area (TPSA) is 96.1 Å². The number of amides is 3. The van der Waals surface area contributed by atoms with E-state index in [9.17, 15) is 14.0 Å². The highest BCUT2D eigenvalue weighted by atomic mass is 19.1. The number of hydrogen-bond acceptors (Lipinski definition) is 4. The van der Waals surface area contributed by atoms with E-state index in [1.54, 1.807) is 11.0 Å². The lowest BCUT2D eigenvalue weighted by molar-refractivity contribution is -0.136. The van der Waals surface area contributed by atoms with Gasteiger partial charge < -0.3 is 20.5 Å². The van der Waals surface area contributed by atoms with Gasteiger partial charge in [0.25, 0.3) is 0 Å². The molecule has 3 N–H and O–H groups in total. The van der Waals surface area contributed by atoms with Gasteiger partial charge in [-0.15, -0.1) is 0 Å². The van der Waals surface area contributed by atoms with E-state index in [-0.39, 0.29) is 25.0 Å². The van der Waals surface area contributed by atoms with Crippen molar-refractivity contribution < 1.29 is 23.8 Å². The molecule has 0 spiro atoms. The van der Waals surface area contributed by atoms with Crippen LogP contribution in [0.2, 0.25) is 0 Å². The fourth-order valence-electron chi connectivity index (χ4n) is 2.97. The number of nitrogens with zero attached hydrogens (tertiary/aromatic N) is 2. The predicted molar refractivity (Wildman–Crippen MR) is 82.3 cm³/mol. The first-order chi connectivity index (χ1) is 11.5. The summed E-state index contributed by atoms with van der Waals surface area (Å²) in [6.45, 7) is -0.430. The van der Waals surface area contributed by atoms with Gasteiger partial charge in [0.1, 0.15) is 31.4 Å². The van der Waals surface area contributed by atoms with E-state index >= 15 is 0 Å². The van der Waals surface area contributed by atoms with Crippen molar-refractivity contribution in [2.75, 3.05) is 19.9 Å². The van der Waals surface area contributed by atoms with Gasteiger partial charge in [-0.3, -0.25) is 9.69 Å². The number of carbonyl (C=O) groups is 2. The second kappa shape index (κ2) is 6.64. The monoisotopic (exact) mass is 337 g/mol. The number of halogens is 1. The number of benzene rings is 1. The Kier molecular flexibility index (Phi) is 4.57. The van der Waals surface area contributed by atoms with Crippen LogP contribution < -0.4 is 10.5 Å². The minimum atomic E-state index is -0.869. The van der Waals surface area contributed by atoms with Crippen molar-refractivity contribution in [1.29, 1.82) is 0 Å². The Balaban J connectivity index is 1.83. The minimum Gasteiger partial charge on any atom is -0.491 e. The molecule has 1 saturated carbocycles. The average molecular weight is 337 g/mol. The fraction of sp³-hybridized carbons (Fsp3) is 0.500. The molecule has 1 aromatic rings. The molecule has 7 nitrogen and oxygen atoms in total. The Morgan fingerprint density at radius 3 is 2.79 bits per heavy atom. The maximum Gasteiger partial charge on any atom is 0.317 e. The smallest absolute Gasteiger partial charge is 0.317 e. The normalized spacial score (nSPS) is 19.9. The number of carbonyl (C=O) groups excluding carboxylic acids is 2. The Bertz CT molecular complexity index is 650. The molecule has 1 heterocycles. The van der Waals surface area contributed by atoms with Crippen LogP contribution in [0.1, 0.15) is 18.4 Å². The van der Waals surface area contributed by atoms with Gasteiger partial charge in [0.15, 0.2) is 0 Å². The summed E-state index contributed by atoms with van der Waals surface area (Å²) in [6.07, 6.45) is 2.00. The Morgan fingerprint density at radius 2 is 2.17 bits per heavy atom. The van der Waals surface area contributed by atoms with Crippen molar-refractivity contribution in [2.45, 2.75) is 25.4 Å². The van der Waals surface area contributed by atoms with Crippen molar-refractivity contribution in [3.8, 4) is 5.75 Å². The quantitative estimate of drug-likeness (QED) is 0.789. The number of nitrogens with two attached hydrogens (primary N) is 1. The molecule has 0 unspecified atom stereocenters. The van der Waals surface area contributed by atoms with Gasteiger partial charge in [-0.05, 0) is 37.0 Å². The molecule has 0 aromatic heterocycles. The predicted octanol–water partition coefficient (Wildman–Crippen LogP) is 0.656. The van der Waals surface area contributed by atoms with Crippen LogP contribution in [0.5, 0.6) is 5.75 Å². The number of primary amides is 1. The number of rotatable bonds is 4. The standard InChI is InChI=1S/C16H20FN3O4/c17-12-3-4-14-11(5-12)6-20(13(8-24-14)10-1-2-10)15(22)7-19(9-21)16(18)23/h3-5,10,13,21H,1-2,6-9H2,(H2,18,23)/t13-/m0/s1. The number of aliphatic hydroxyl groups is 1. The number of aliphatic hydroxyl groups excluding tert-OH is 1. The van der Waals surface area contributed by atoms with Gasteiger partial charge in [0.05, 0.1) is 6.04 Å². The summed E-state index contributed by atoms with van der Waals surface area (Å²) in [5.74, 6) is 0.153. The van der Waals surface area contributed by atoms with Crippen LogP contribution >= 0.6 is 0 Å². The first-order valence-electron chi connectivity index (χ1n) is 7.85. The Hall–Kier alpha value is -2.35. The van der Waals surface area contributed by atoms with Crippen LogP contribution in [0.4, 0.5) is 9.18 Å². The van der Waals surface area contributed by atoms with Crippen LogP contribution in [-0.2, 0) is 11.3 Å². The minimum absolute atomic E-state index is 0.138. The van der Waals surface area contributed by atoms with Gasteiger partial charge in [-0.25, -0.2) is 9.18 Å². The van der Waals surface area contributed by atoms with Crippen molar-refractivity contribution in [3.05, 3.63) is 29.6 Å². The molecule has 0 radical (unpaired) electrons. The van der Waals surface area contributed by atoms with E-state index in [2.05, 4.69) is 0 Å². The average Bonchev–Trinajstić information content (AvgIpc) is 3.37. The first kappa shape index (κ1) is 16.5. The van der Waals surface area contributed by atoms with Gasteiger partial charge in [-0.2, -0.15) is 0 Å². The number of urea groups is 1. The van der Waals surface area contributed by atoms with Crippen LogP contribution in [0.15, 0.2) is 18.2 Å². The molecule has 1 fully saturated rings. The van der Waals surface area contributed by atoms with E-state index < -0.39 is 18.6 Å². The van der Waals surface area contributed by atoms with Gasteiger partial charge in [-0.1, -0.05) is 0 Å². The molecule has 1 aromatic carbocycles. The molecule has 8 heteroatoms. The van der Waals surface area contributed by atoms with E-state index in [0.29, 0.717) is 23.8 Å². The number of hydrogen-bond donors (Lipinski definition) is 2. The van der Waals surface area contributed by atoms with Gasteiger partial charge in [0, 0.05) is 12.1 Å². The highest BCUT2D eigenvalue weighted by Gasteiger charge is 2.40. The molecule has 1 aliphatic heterocycles. The van der Waals surface area contributed by atoms with E-state index in [1.165, 1.54) is 12.1 Å². The van der Waals surface area contributed by atoms with Gasteiger partial charge >= 0.3 is 6.03 Å². The zero-order chi connectivity index (χ0) is 17.3. The summed E-state index contributed by atoms with van der Waals surface area (Å²) in [4.78, 5) is 26.4. The lowest BCUT2D eigenvalue weighted by Gasteiger charge is -2.31.